The summed E-state index contributed by atoms with van der Waals surface area (Å²) in [6.45, 7) is 0. The Balaban J connectivity index is 1.37. The monoisotopic (exact) mass is 581 g/mol. The van der Waals surface area contributed by atoms with E-state index < -0.39 is 5.82 Å². The maximum absolute atomic E-state index is 15.3. The van der Waals surface area contributed by atoms with Crippen molar-refractivity contribution >= 4 is 43.6 Å². The predicted octanol–water partition coefficient (Wildman–Crippen LogP) is 9.54. The van der Waals surface area contributed by atoms with Gasteiger partial charge in [-0.3, -0.25) is 4.57 Å². The lowest BCUT2D eigenvalue weighted by atomic mass is 10.1. The molecule has 45 heavy (non-hydrogen) atoms. The second-order valence-corrected chi connectivity index (χ2v) is 11.0. The van der Waals surface area contributed by atoms with Crippen molar-refractivity contribution in [3.05, 3.63) is 151 Å². The highest BCUT2D eigenvalue weighted by molar-refractivity contribution is 6.10. The molecule has 0 aliphatic heterocycles. The summed E-state index contributed by atoms with van der Waals surface area (Å²) in [6, 6.07) is 48.0. The number of nitrogens with zero attached hydrogens (tertiary/aromatic N) is 5. The lowest BCUT2D eigenvalue weighted by Crippen LogP contribution is -2.08. The van der Waals surface area contributed by atoms with Gasteiger partial charge in [-0.1, -0.05) is 97.1 Å². The van der Waals surface area contributed by atoms with Gasteiger partial charge in [-0.15, -0.1) is 0 Å². The maximum Gasteiger partial charge on any atom is 0.238 e. The van der Waals surface area contributed by atoms with Crippen LogP contribution < -0.4 is 0 Å². The van der Waals surface area contributed by atoms with Gasteiger partial charge in [0, 0.05) is 27.1 Å². The summed E-state index contributed by atoms with van der Waals surface area (Å²) < 4.78 is 19.6. The van der Waals surface area contributed by atoms with Gasteiger partial charge in [0.2, 0.25) is 5.95 Å². The zero-order valence-corrected chi connectivity index (χ0v) is 24.0. The molecule has 3 heterocycles. The molecule has 0 fully saturated rings. The number of aromatic nitrogens is 5. The third kappa shape index (κ3) is 3.89. The molecule has 5 nitrogen and oxygen atoms in total. The van der Waals surface area contributed by atoms with E-state index in [1.165, 1.54) is 6.07 Å². The first kappa shape index (κ1) is 25.4. The van der Waals surface area contributed by atoms with Crippen molar-refractivity contribution in [1.82, 2.24) is 24.1 Å². The average Bonchev–Trinajstić information content (AvgIpc) is 3.61. The van der Waals surface area contributed by atoms with Gasteiger partial charge in [0.1, 0.15) is 5.82 Å². The van der Waals surface area contributed by atoms with Gasteiger partial charge in [-0.2, -0.15) is 9.97 Å². The van der Waals surface area contributed by atoms with Crippen molar-refractivity contribution in [2.75, 3.05) is 0 Å². The highest BCUT2D eigenvalue weighted by Crippen LogP contribution is 2.37. The minimum atomic E-state index is -0.390. The van der Waals surface area contributed by atoms with Crippen LogP contribution in [0.2, 0.25) is 0 Å². The van der Waals surface area contributed by atoms with Gasteiger partial charge in [-0.05, 0) is 48.5 Å². The summed E-state index contributed by atoms with van der Waals surface area (Å²) in [7, 11) is 0. The molecule has 0 radical (unpaired) electrons. The van der Waals surface area contributed by atoms with Gasteiger partial charge in [0.25, 0.3) is 0 Å². The van der Waals surface area contributed by atoms with Gasteiger partial charge in [0.15, 0.2) is 11.6 Å². The molecule has 0 unspecified atom stereocenters. The van der Waals surface area contributed by atoms with E-state index in [0.717, 1.165) is 54.9 Å². The number of para-hydroxylation sites is 5. The third-order valence-electron chi connectivity index (χ3n) is 8.48. The normalized spacial score (nSPS) is 11.7. The molecule has 3 aromatic heterocycles. The molecule has 0 aliphatic carbocycles. The van der Waals surface area contributed by atoms with Gasteiger partial charge >= 0.3 is 0 Å². The molecule has 0 saturated heterocycles. The van der Waals surface area contributed by atoms with E-state index in [0.29, 0.717) is 17.3 Å². The summed E-state index contributed by atoms with van der Waals surface area (Å²) in [4.78, 5) is 15.0. The van der Waals surface area contributed by atoms with Crippen molar-refractivity contribution in [3.8, 4) is 34.4 Å². The summed E-state index contributed by atoms with van der Waals surface area (Å²) >= 11 is 0. The van der Waals surface area contributed by atoms with Crippen LogP contribution in [0.15, 0.2) is 146 Å². The number of fused-ring (bicyclic) bond motifs is 6. The molecule has 0 amide bonds. The fourth-order valence-corrected chi connectivity index (χ4v) is 6.53. The minimum Gasteiger partial charge on any atom is -0.309 e. The van der Waals surface area contributed by atoms with Crippen LogP contribution in [0.1, 0.15) is 0 Å². The largest absolute Gasteiger partial charge is 0.309 e. The van der Waals surface area contributed by atoms with E-state index >= 15 is 4.39 Å². The lowest BCUT2D eigenvalue weighted by Gasteiger charge is -2.15. The Morgan fingerprint density at radius 3 is 1.31 bits per heavy atom. The molecule has 6 aromatic carbocycles. The molecule has 0 spiro atoms. The van der Waals surface area contributed by atoms with Gasteiger partial charge < -0.3 is 4.57 Å². The van der Waals surface area contributed by atoms with Crippen molar-refractivity contribution < 1.29 is 4.39 Å². The number of hydrogen-bond donors (Lipinski definition) is 0. The highest BCUT2D eigenvalue weighted by atomic mass is 19.1. The number of rotatable bonds is 4. The number of halogens is 1. The van der Waals surface area contributed by atoms with Crippen LogP contribution in [-0.4, -0.2) is 24.1 Å². The second-order valence-electron chi connectivity index (χ2n) is 11.0. The van der Waals surface area contributed by atoms with Crippen LogP contribution in [0.5, 0.6) is 0 Å². The van der Waals surface area contributed by atoms with E-state index in [2.05, 4.69) is 83.4 Å². The van der Waals surface area contributed by atoms with E-state index in [1.807, 2.05) is 47.0 Å². The lowest BCUT2D eigenvalue weighted by molar-refractivity contribution is 0.629. The third-order valence-corrected chi connectivity index (χ3v) is 8.48. The Bertz CT molecular complexity index is 2470. The van der Waals surface area contributed by atoms with Crippen LogP contribution in [0, 0.1) is 5.82 Å². The minimum absolute atomic E-state index is 0.270. The Morgan fingerprint density at radius 1 is 0.378 bits per heavy atom. The van der Waals surface area contributed by atoms with Gasteiger partial charge in [-0.25, -0.2) is 9.37 Å². The van der Waals surface area contributed by atoms with E-state index in [1.54, 1.807) is 18.2 Å². The van der Waals surface area contributed by atoms with E-state index in [-0.39, 0.29) is 5.82 Å². The SMILES string of the molecule is Fc1ccccc1-c1nc(-c2ccccc2-n2c3ccccc3c3ccccc32)nc(-n2c3ccccc3c3ccccc32)n1. The summed E-state index contributed by atoms with van der Waals surface area (Å²) in [5.41, 5.74) is 6.14. The van der Waals surface area contributed by atoms with Gasteiger partial charge in [0.05, 0.1) is 33.3 Å². The van der Waals surface area contributed by atoms with Crippen molar-refractivity contribution in [3.63, 3.8) is 0 Å². The second kappa shape index (κ2) is 9.96. The first-order valence-corrected chi connectivity index (χ1v) is 14.8. The van der Waals surface area contributed by atoms with Crippen LogP contribution in [0.4, 0.5) is 4.39 Å². The predicted molar refractivity (Wildman–Crippen MR) is 179 cm³/mol. The van der Waals surface area contributed by atoms with Crippen LogP contribution >= 0.6 is 0 Å². The Morgan fingerprint density at radius 2 is 0.778 bits per heavy atom. The topological polar surface area (TPSA) is 48.5 Å². The summed E-state index contributed by atoms with van der Waals surface area (Å²) in [5.74, 6) is 0.760. The molecule has 9 aromatic rings. The molecule has 0 bridgehead atoms. The molecule has 212 valence electrons. The Kier molecular flexibility index (Phi) is 5.62. The molecular weight excluding hydrogens is 557 g/mol. The molecule has 0 saturated carbocycles. The van der Waals surface area contributed by atoms with Crippen LogP contribution in [0.25, 0.3) is 78.0 Å². The fraction of sp³-hybridized carbons (Fsp3) is 0. The molecule has 6 heteroatoms. The zero-order valence-electron chi connectivity index (χ0n) is 24.0. The first-order valence-electron chi connectivity index (χ1n) is 14.8. The van der Waals surface area contributed by atoms with Crippen molar-refractivity contribution in [2.24, 2.45) is 0 Å². The van der Waals surface area contributed by atoms with E-state index in [9.17, 15) is 0 Å². The number of benzene rings is 6. The fourth-order valence-electron chi connectivity index (χ4n) is 6.53. The Labute approximate surface area is 257 Å². The highest BCUT2D eigenvalue weighted by Gasteiger charge is 2.21. The van der Waals surface area contributed by atoms with Crippen LogP contribution in [0.3, 0.4) is 0 Å². The summed E-state index contributed by atoms with van der Waals surface area (Å²) in [6.07, 6.45) is 0. The molecule has 0 N–H and O–H groups in total. The molecule has 0 atom stereocenters. The van der Waals surface area contributed by atoms with E-state index in [4.69, 9.17) is 15.0 Å². The quantitative estimate of drug-likeness (QED) is 0.208. The standard InChI is InChI=1S/C39H24FN5/c40-31-19-7-1-17-29(31)37-41-38(43-39(42-37)45-34-22-10-4-15-27(34)28-16-5-11-23-35(28)45)30-18-6-12-24-36(30)44-32-20-8-2-13-25(32)26-14-3-9-21-33(26)44/h1-24H. The summed E-state index contributed by atoms with van der Waals surface area (Å²) in [5, 5.41) is 4.51. The molecule has 0 aliphatic rings. The zero-order chi connectivity index (χ0) is 29.9. The number of hydrogen-bond acceptors (Lipinski definition) is 3. The van der Waals surface area contributed by atoms with Crippen LogP contribution in [-0.2, 0) is 0 Å². The smallest absolute Gasteiger partial charge is 0.238 e. The van der Waals surface area contributed by atoms with Crippen molar-refractivity contribution in [2.45, 2.75) is 0 Å². The molecule has 9 rings (SSSR count). The Hall–Kier alpha value is -6.14. The molecular formula is C39H24FN5. The average molecular weight is 582 g/mol. The first-order chi connectivity index (χ1) is 22.3. The maximum atomic E-state index is 15.3. The van der Waals surface area contributed by atoms with Crippen molar-refractivity contribution in [1.29, 1.82) is 0 Å².